The minimum absolute atomic E-state index is 0.0498. The maximum absolute atomic E-state index is 12.3. The molecule has 1 fully saturated rings. The molecule has 0 radical (unpaired) electrons. The molecule has 0 spiro atoms. The van der Waals surface area contributed by atoms with E-state index >= 15 is 0 Å². The predicted molar refractivity (Wildman–Crippen MR) is 87.2 cm³/mol. The lowest BCUT2D eigenvalue weighted by Gasteiger charge is -2.27. The van der Waals surface area contributed by atoms with E-state index in [4.69, 9.17) is 0 Å². The molecule has 4 N–H and O–H groups in total. The van der Waals surface area contributed by atoms with Gasteiger partial charge in [0.25, 0.3) is 5.91 Å². The monoisotopic (exact) mass is 313 g/mol. The van der Waals surface area contributed by atoms with Crippen LogP contribution in [-0.4, -0.2) is 22.5 Å². The van der Waals surface area contributed by atoms with E-state index in [-0.39, 0.29) is 17.4 Å². The second-order valence-corrected chi connectivity index (χ2v) is 6.26. The lowest BCUT2D eigenvalue weighted by molar-refractivity contribution is -0.132. The Labute approximate surface area is 134 Å². The summed E-state index contributed by atoms with van der Waals surface area (Å²) in [6.07, 6.45) is 1.61. The molecule has 1 aromatic rings. The number of amides is 1. The molecule has 23 heavy (non-hydrogen) atoms. The first-order valence-electron chi connectivity index (χ1n) is 7.48. The summed E-state index contributed by atoms with van der Waals surface area (Å²) in [4.78, 5) is 23.9. The quantitative estimate of drug-likeness (QED) is 0.669. The summed E-state index contributed by atoms with van der Waals surface area (Å²) in [6.45, 7) is 5.69. The van der Waals surface area contributed by atoms with Crippen LogP contribution in [0.2, 0.25) is 0 Å². The molecule has 1 aromatic carbocycles. The van der Waals surface area contributed by atoms with Crippen LogP contribution in [0, 0.1) is 5.92 Å². The van der Waals surface area contributed by atoms with Crippen LogP contribution in [0.15, 0.2) is 41.4 Å². The fourth-order valence-electron chi connectivity index (χ4n) is 2.65. The molecule has 120 valence electrons. The molecule has 1 amide bonds. The van der Waals surface area contributed by atoms with Crippen LogP contribution in [0.1, 0.15) is 26.3 Å². The maximum atomic E-state index is 12.3. The Hall–Kier alpha value is -2.76. The van der Waals surface area contributed by atoms with Crippen LogP contribution in [0.3, 0.4) is 0 Å². The number of carboxylic acids is 1. The van der Waals surface area contributed by atoms with Gasteiger partial charge in [-0.15, -0.1) is 0 Å². The number of nitrogens with one attached hydrogen (secondary N) is 3. The fraction of sp³-hybridized carbons (Fsp3) is 0.294. The van der Waals surface area contributed by atoms with Crippen molar-refractivity contribution in [3.63, 3.8) is 0 Å². The van der Waals surface area contributed by atoms with E-state index in [1.54, 1.807) is 6.08 Å². The van der Waals surface area contributed by atoms with Crippen LogP contribution >= 0.6 is 0 Å². The number of aliphatic carboxylic acids is 1. The van der Waals surface area contributed by atoms with Gasteiger partial charge in [0.05, 0.1) is 11.3 Å². The standard InChI is InChI=1S/C17H19N3O3/c1-9(2)17(3)16(23)19-14(20-17)13-11(15(21)22)8-10-6-4-5-7-12(10)18-13/h4-9,18,20H,1-3H3,(H,19,23)(H,21,22). The Morgan fingerprint density at radius 2 is 1.91 bits per heavy atom. The molecule has 1 unspecified atom stereocenters. The topological polar surface area (TPSA) is 90.5 Å². The van der Waals surface area contributed by atoms with Crippen molar-refractivity contribution in [1.29, 1.82) is 0 Å². The Morgan fingerprint density at radius 3 is 2.52 bits per heavy atom. The van der Waals surface area contributed by atoms with Gasteiger partial charge >= 0.3 is 5.97 Å². The highest BCUT2D eigenvalue weighted by molar-refractivity contribution is 6.02. The molecule has 6 heteroatoms. The van der Waals surface area contributed by atoms with Gasteiger partial charge in [0.1, 0.15) is 11.4 Å². The largest absolute Gasteiger partial charge is 0.478 e. The van der Waals surface area contributed by atoms with Gasteiger partial charge in [-0.25, -0.2) is 4.79 Å². The van der Waals surface area contributed by atoms with E-state index in [0.717, 1.165) is 11.3 Å². The number of para-hydroxylation sites is 1. The number of carboxylic acid groups (broad SMARTS) is 1. The third kappa shape index (κ3) is 2.36. The van der Waals surface area contributed by atoms with Crippen molar-refractivity contribution in [3.05, 3.63) is 46.9 Å². The Morgan fingerprint density at radius 1 is 1.22 bits per heavy atom. The minimum Gasteiger partial charge on any atom is -0.478 e. The van der Waals surface area contributed by atoms with Crippen LogP contribution in [-0.2, 0) is 9.59 Å². The van der Waals surface area contributed by atoms with E-state index in [2.05, 4.69) is 16.0 Å². The second kappa shape index (κ2) is 5.15. The van der Waals surface area contributed by atoms with Gasteiger partial charge in [0, 0.05) is 5.69 Å². The maximum Gasteiger partial charge on any atom is 0.337 e. The fourth-order valence-corrected chi connectivity index (χ4v) is 2.65. The lowest BCUT2D eigenvalue weighted by Crippen LogP contribution is -2.47. The zero-order chi connectivity index (χ0) is 16.8. The third-order valence-electron chi connectivity index (χ3n) is 4.52. The normalized spacial score (nSPS) is 26.1. The molecule has 2 aliphatic heterocycles. The first-order chi connectivity index (χ1) is 10.8. The number of fused-ring (bicyclic) bond motifs is 1. The molecule has 0 aliphatic carbocycles. The van der Waals surface area contributed by atoms with Crippen molar-refractivity contribution < 1.29 is 14.7 Å². The van der Waals surface area contributed by atoms with Crippen LogP contribution < -0.4 is 16.0 Å². The van der Waals surface area contributed by atoms with Crippen LogP contribution in [0.25, 0.3) is 6.08 Å². The summed E-state index contributed by atoms with van der Waals surface area (Å²) in [7, 11) is 0. The first kappa shape index (κ1) is 15.1. The van der Waals surface area contributed by atoms with Crippen molar-refractivity contribution in [1.82, 2.24) is 10.6 Å². The number of carbonyl (C=O) groups is 2. The van der Waals surface area contributed by atoms with Crippen LogP contribution in [0.5, 0.6) is 0 Å². The molecule has 2 heterocycles. The molecular formula is C17H19N3O3. The Kier molecular flexibility index (Phi) is 3.39. The number of carbonyl (C=O) groups excluding carboxylic acids is 1. The zero-order valence-corrected chi connectivity index (χ0v) is 13.2. The molecule has 0 saturated carbocycles. The molecule has 1 atom stereocenters. The number of anilines is 1. The second-order valence-electron chi connectivity index (χ2n) is 6.26. The average Bonchev–Trinajstić information content (AvgIpc) is 2.82. The number of hydrogen-bond donors (Lipinski definition) is 4. The Balaban J connectivity index is 2.10. The van der Waals surface area contributed by atoms with E-state index in [9.17, 15) is 14.7 Å². The summed E-state index contributed by atoms with van der Waals surface area (Å²) >= 11 is 0. The van der Waals surface area contributed by atoms with Gasteiger partial charge in [0.2, 0.25) is 0 Å². The molecule has 1 saturated heterocycles. The van der Waals surface area contributed by atoms with Gasteiger partial charge in [-0.05, 0) is 30.5 Å². The predicted octanol–water partition coefficient (Wildman–Crippen LogP) is 1.88. The summed E-state index contributed by atoms with van der Waals surface area (Å²) in [6, 6.07) is 7.42. The zero-order valence-electron chi connectivity index (χ0n) is 13.2. The summed E-state index contributed by atoms with van der Waals surface area (Å²) in [5, 5.41) is 18.6. The van der Waals surface area contributed by atoms with Crippen molar-refractivity contribution in [3.8, 4) is 0 Å². The highest BCUT2D eigenvalue weighted by Gasteiger charge is 2.44. The van der Waals surface area contributed by atoms with Crippen molar-refractivity contribution in [2.45, 2.75) is 26.3 Å². The van der Waals surface area contributed by atoms with Gasteiger partial charge in [-0.1, -0.05) is 32.0 Å². The molecule has 0 aromatic heterocycles. The number of hydrogen-bond acceptors (Lipinski definition) is 4. The minimum atomic E-state index is -1.05. The highest BCUT2D eigenvalue weighted by atomic mass is 16.4. The van der Waals surface area contributed by atoms with E-state index in [1.165, 1.54) is 0 Å². The summed E-state index contributed by atoms with van der Waals surface area (Å²) < 4.78 is 0. The summed E-state index contributed by atoms with van der Waals surface area (Å²) in [5.41, 5.74) is 1.30. The molecule has 2 aliphatic rings. The van der Waals surface area contributed by atoms with E-state index < -0.39 is 11.5 Å². The lowest BCUT2D eigenvalue weighted by atomic mass is 9.89. The average molecular weight is 313 g/mol. The Bertz CT molecular complexity index is 764. The molecule has 0 bridgehead atoms. The van der Waals surface area contributed by atoms with Gasteiger partial charge in [-0.3, -0.25) is 4.79 Å². The highest BCUT2D eigenvalue weighted by Crippen LogP contribution is 2.32. The first-order valence-corrected chi connectivity index (χ1v) is 7.48. The summed E-state index contributed by atoms with van der Waals surface area (Å²) in [5.74, 6) is -0.771. The number of benzene rings is 1. The van der Waals surface area contributed by atoms with Gasteiger partial charge in [0.15, 0.2) is 0 Å². The molecule has 3 rings (SSSR count). The number of rotatable bonds is 2. The van der Waals surface area contributed by atoms with E-state index in [0.29, 0.717) is 11.5 Å². The SMILES string of the molecule is CC(C)C1(C)NC(=C2Nc3ccccc3C=C2C(=O)O)NC1=O. The van der Waals surface area contributed by atoms with Crippen LogP contribution in [0.4, 0.5) is 5.69 Å². The van der Waals surface area contributed by atoms with Gasteiger partial charge in [-0.2, -0.15) is 0 Å². The third-order valence-corrected chi connectivity index (χ3v) is 4.52. The molecule has 6 nitrogen and oxygen atoms in total. The smallest absolute Gasteiger partial charge is 0.337 e. The van der Waals surface area contributed by atoms with Crippen molar-refractivity contribution in [2.24, 2.45) is 5.92 Å². The van der Waals surface area contributed by atoms with Crippen molar-refractivity contribution >= 4 is 23.6 Å². The van der Waals surface area contributed by atoms with E-state index in [1.807, 2.05) is 45.0 Å². The van der Waals surface area contributed by atoms with Gasteiger partial charge < -0.3 is 21.1 Å². The molecular weight excluding hydrogens is 294 g/mol. The van der Waals surface area contributed by atoms with Crippen molar-refractivity contribution in [2.75, 3.05) is 5.32 Å².